The molecule has 4 aromatic rings. The Bertz CT molecular complexity index is 1340. The van der Waals surface area contributed by atoms with Gasteiger partial charge in [0.25, 0.3) is 5.91 Å². The zero-order valence-corrected chi connectivity index (χ0v) is 20.9. The summed E-state index contributed by atoms with van der Waals surface area (Å²) in [5, 5.41) is 11.3. The van der Waals surface area contributed by atoms with E-state index in [0.717, 1.165) is 29.5 Å². The molecule has 192 valence electrons. The highest BCUT2D eigenvalue weighted by Crippen LogP contribution is 2.24. The van der Waals surface area contributed by atoms with Gasteiger partial charge in [0.2, 0.25) is 5.91 Å². The van der Waals surface area contributed by atoms with Crippen LogP contribution < -0.4 is 5.32 Å². The molecule has 2 aromatic heterocycles. The van der Waals surface area contributed by atoms with Gasteiger partial charge in [0, 0.05) is 19.7 Å². The number of hydrogen-bond donors (Lipinski definition) is 1. The number of aromatic nitrogens is 3. The largest absolute Gasteiger partial charge is 0.467 e. The Kier molecular flexibility index (Phi) is 7.60. The summed E-state index contributed by atoms with van der Waals surface area (Å²) in [6, 6.07) is 18.1. The van der Waals surface area contributed by atoms with Crippen LogP contribution in [0.15, 0.2) is 71.3 Å². The molecule has 1 saturated heterocycles. The molecule has 0 saturated carbocycles. The lowest BCUT2D eigenvalue weighted by Gasteiger charge is -2.30. The van der Waals surface area contributed by atoms with Gasteiger partial charge >= 0.3 is 0 Å². The topological polar surface area (TPSA) is 102 Å². The number of carbonyl (C=O) groups excluding carboxylic acids is 2. The van der Waals surface area contributed by atoms with Crippen LogP contribution in [0.3, 0.4) is 0 Å². The van der Waals surface area contributed by atoms with Gasteiger partial charge in [-0.2, -0.15) is 0 Å². The van der Waals surface area contributed by atoms with E-state index in [4.69, 9.17) is 9.15 Å². The second-order valence-electron chi connectivity index (χ2n) is 9.30. The summed E-state index contributed by atoms with van der Waals surface area (Å²) in [6.07, 6.45) is 3.98. The Balaban J connectivity index is 1.43. The number of nitrogens with one attached hydrogen (secondary N) is 1. The molecule has 1 N–H and O–H groups in total. The summed E-state index contributed by atoms with van der Waals surface area (Å²) < 4.78 is 12.9. The molecule has 9 nitrogen and oxygen atoms in total. The molecule has 9 heteroatoms. The highest BCUT2D eigenvalue weighted by Gasteiger charge is 2.34. The van der Waals surface area contributed by atoms with E-state index in [-0.39, 0.29) is 24.5 Å². The number of para-hydroxylation sites is 1. The van der Waals surface area contributed by atoms with Crippen LogP contribution in [0.2, 0.25) is 0 Å². The average molecular weight is 502 g/mol. The minimum atomic E-state index is -0.928. The fourth-order valence-electron chi connectivity index (χ4n) is 4.77. The van der Waals surface area contributed by atoms with Crippen LogP contribution in [0.25, 0.3) is 11.0 Å². The van der Waals surface area contributed by atoms with Crippen molar-refractivity contribution in [3.8, 4) is 0 Å². The lowest BCUT2D eigenvalue weighted by atomic mass is 10.0. The van der Waals surface area contributed by atoms with E-state index in [2.05, 4.69) is 15.6 Å². The molecule has 37 heavy (non-hydrogen) atoms. The molecule has 0 unspecified atom stereocenters. The molecular formula is C28H31N5O4. The van der Waals surface area contributed by atoms with Gasteiger partial charge in [-0.25, -0.2) is 4.68 Å². The summed E-state index contributed by atoms with van der Waals surface area (Å²) in [7, 11) is 0. The highest BCUT2D eigenvalue weighted by atomic mass is 16.5. The van der Waals surface area contributed by atoms with Gasteiger partial charge in [0.1, 0.15) is 17.8 Å². The van der Waals surface area contributed by atoms with E-state index in [1.54, 1.807) is 21.7 Å². The quantitative estimate of drug-likeness (QED) is 0.357. The van der Waals surface area contributed by atoms with E-state index < -0.39 is 6.04 Å². The summed E-state index contributed by atoms with van der Waals surface area (Å²) in [5.41, 5.74) is 3.71. The van der Waals surface area contributed by atoms with Crippen molar-refractivity contribution in [2.75, 3.05) is 19.7 Å². The average Bonchev–Trinajstić information content (AvgIpc) is 3.69. The van der Waals surface area contributed by atoms with E-state index in [0.29, 0.717) is 37.4 Å². The molecule has 2 aromatic carbocycles. The third-order valence-corrected chi connectivity index (χ3v) is 6.81. The molecule has 0 spiro atoms. The molecule has 1 aliphatic heterocycles. The molecule has 3 heterocycles. The summed E-state index contributed by atoms with van der Waals surface area (Å²) in [5.74, 6) is -0.142. The van der Waals surface area contributed by atoms with Crippen molar-refractivity contribution in [1.82, 2.24) is 25.2 Å². The number of carbonyl (C=O) groups is 2. The highest BCUT2D eigenvalue weighted by molar-refractivity contribution is 5.88. The van der Waals surface area contributed by atoms with Gasteiger partial charge in [-0.15, -0.1) is 5.10 Å². The molecule has 0 radical (unpaired) electrons. The van der Waals surface area contributed by atoms with E-state index >= 15 is 0 Å². The number of nitrogens with zero attached hydrogens (tertiary/aromatic N) is 4. The molecule has 2 amide bonds. The molecule has 2 atom stereocenters. The lowest BCUT2D eigenvalue weighted by molar-refractivity contribution is -0.142. The van der Waals surface area contributed by atoms with Crippen molar-refractivity contribution in [2.24, 2.45) is 0 Å². The van der Waals surface area contributed by atoms with Gasteiger partial charge in [0.15, 0.2) is 6.04 Å². The van der Waals surface area contributed by atoms with Gasteiger partial charge in [0.05, 0.1) is 17.9 Å². The van der Waals surface area contributed by atoms with Crippen molar-refractivity contribution >= 4 is 22.8 Å². The van der Waals surface area contributed by atoms with Crippen LogP contribution >= 0.6 is 0 Å². The zero-order valence-electron chi connectivity index (χ0n) is 20.9. The maximum atomic E-state index is 13.9. The summed E-state index contributed by atoms with van der Waals surface area (Å²) in [6.45, 7) is 3.42. The van der Waals surface area contributed by atoms with Crippen LogP contribution in [0.1, 0.15) is 35.8 Å². The monoisotopic (exact) mass is 501 g/mol. The Morgan fingerprint density at radius 3 is 2.76 bits per heavy atom. The van der Waals surface area contributed by atoms with Gasteiger partial charge in [-0.1, -0.05) is 41.6 Å². The second kappa shape index (κ2) is 11.4. The summed E-state index contributed by atoms with van der Waals surface area (Å²) in [4.78, 5) is 29.0. The maximum absolute atomic E-state index is 13.9. The van der Waals surface area contributed by atoms with Crippen LogP contribution in [0.4, 0.5) is 0 Å². The number of fused-ring (bicyclic) bond motifs is 1. The number of aryl methyl sites for hydroxylation is 1. The normalized spacial score (nSPS) is 16.1. The predicted octanol–water partition coefficient (Wildman–Crippen LogP) is 3.44. The SMILES string of the molecule is Cc1ccccc1CCN(C(=O)Cn1nnc2ccccc21)[C@H](C(=O)NC[C@H]1CCCO1)c1ccco1. The second-order valence-corrected chi connectivity index (χ2v) is 9.30. The van der Waals surface area contributed by atoms with E-state index in [1.165, 1.54) is 6.26 Å². The fraction of sp³-hybridized carbons (Fsp3) is 0.357. The smallest absolute Gasteiger partial charge is 0.250 e. The number of ether oxygens (including phenoxy) is 1. The van der Waals surface area contributed by atoms with Gasteiger partial charge in [-0.05, 0) is 61.6 Å². The third-order valence-electron chi connectivity index (χ3n) is 6.81. The number of furan rings is 1. The van der Waals surface area contributed by atoms with Crippen LogP contribution in [0.5, 0.6) is 0 Å². The lowest BCUT2D eigenvalue weighted by Crippen LogP contribution is -2.47. The Morgan fingerprint density at radius 2 is 1.97 bits per heavy atom. The molecular weight excluding hydrogens is 470 g/mol. The number of amides is 2. The van der Waals surface area contributed by atoms with Crippen LogP contribution in [-0.4, -0.2) is 57.5 Å². The fourth-order valence-corrected chi connectivity index (χ4v) is 4.77. The molecule has 1 aliphatic rings. The first kappa shape index (κ1) is 24.7. The van der Waals surface area contributed by atoms with Gasteiger partial charge in [-0.3, -0.25) is 9.59 Å². The third kappa shape index (κ3) is 5.72. The van der Waals surface area contributed by atoms with Crippen LogP contribution in [0, 0.1) is 6.92 Å². The Hall–Kier alpha value is -3.98. The van der Waals surface area contributed by atoms with E-state index in [1.807, 2.05) is 55.5 Å². The molecule has 1 fully saturated rings. The van der Waals surface area contributed by atoms with Crippen LogP contribution in [-0.2, 0) is 27.3 Å². The Morgan fingerprint density at radius 1 is 1.14 bits per heavy atom. The number of benzene rings is 2. The predicted molar refractivity (Wildman–Crippen MR) is 138 cm³/mol. The number of hydrogen-bond acceptors (Lipinski definition) is 6. The maximum Gasteiger partial charge on any atom is 0.250 e. The molecule has 5 rings (SSSR count). The molecule has 0 aliphatic carbocycles. The first-order valence-electron chi connectivity index (χ1n) is 12.6. The van der Waals surface area contributed by atoms with Crippen molar-refractivity contribution in [2.45, 2.75) is 44.9 Å². The van der Waals surface area contributed by atoms with Gasteiger partial charge < -0.3 is 19.4 Å². The first-order valence-corrected chi connectivity index (χ1v) is 12.6. The standard InChI is InChI=1S/C28H31N5O4/c1-20-8-2-3-9-21(20)14-15-32(26(34)19-33-24-12-5-4-11-23(24)30-31-33)27(25-13-7-17-37-25)28(35)29-18-22-10-6-16-36-22/h2-5,7-9,11-13,17,22,27H,6,10,14-16,18-19H2,1H3,(H,29,35)/t22-,27+/m1/s1. The minimum absolute atomic E-state index is 0.0150. The van der Waals surface area contributed by atoms with Crippen molar-refractivity contribution in [3.63, 3.8) is 0 Å². The molecule has 0 bridgehead atoms. The van der Waals surface area contributed by atoms with Crippen molar-refractivity contribution in [3.05, 3.63) is 83.8 Å². The van der Waals surface area contributed by atoms with E-state index in [9.17, 15) is 9.59 Å². The van der Waals surface area contributed by atoms with Crippen molar-refractivity contribution < 1.29 is 18.7 Å². The van der Waals surface area contributed by atoms with Crippen molar-refractivity contribution in [1.29, 1.82) is 0 Å². The summed E-state index contributed by atoms with van der Waals surface area (Å²) >= 11 is 0. The number of rotatable bonds is 10. The zero-order chi connectivity index (χ0) is 25.6. The first-order chi connectivity index (χ1) is 18.1. The minimum Gasteiger partial charge on any atom is -0.467 e. The Labute approximate surface area is 215 Å².